The van der Waals surface area contributed by atoms with E-state index < -0.39 is 23.3 Å². The maximum Gasteiger partial charge on any atom is 0.264 e. The summed E-state index contributed by atoms with van der Waals surface area (Å²) in [5.74, 6) is -0.907. The van der Waals surface area contributed by atoms with Crippen molar-refractivity contribution in [2.75, 3.05) is 5.32 Å². The van der Waals surface area contributed by atoms with Gasteiger partial charge in [-0.15, -0.1) is 0 Å². The van der Waals surface area contributed by atoms with Crippen molar-refractivity contribution in [2.24, 2.45) is 0 Å². The molecule has 5 heteroatoms. The molecule has 1 heterocycles. The van der Waals surface area contributed by atoms with Crippen LogP contribution in [0.4, 0.5) is 18.9 Å². The van der Waals surface area contributed by atoms with Gasteiger partial charge in [0.2, 0.25) is 0 Å². The normalized spacial score (nSPS) is 17.9. The number of halogens is 3. The second kappa shape index (κ2) is 3.75. The predicted octanol–water partition coefficient (Wildman–Crippen LogP) is 3.08. The first-order chi connectivity index (χ1) is 7.81. The van der Waals surface area contributed by atoms with Crippen LogP contribution in [0.25, 0.3) is 0 Å². The number of carbonyl (C=O) groups excluding carboxylic acids is 1. The van der Waals surface area contributed by atoms with Crippen molar-refractivity contribution in [2.45, 2.75) is 32.2 Å². The molecule has 17 heavy (non-hydrogen) atoms. The number of hydrogen-bond acceptors (Lipinski definition) is 2. The van der Waals surface area contributed by atoms with Gasteiger partial charge in [-0.25, -0.2) is 13.2 Å². The average molecular weight is 243 g/mol. The molecule has 0 aliphatic carbocycles. The Morgan fingerprint density at radius 2 is 2.00 bits per heavy atom. The summed E-state index contributed by atoms with van der Waals surface area (Å²) >= 11 is 0. The number of benzene rings is 1. The van der Waals surface area contributed by atoms with Crippen LogP contribution in [0.15, 0.2) is 12.1 Å². The van der Waals surface area contributed by atoms with E-state index in [2.05, 4.69) is 5.32 Å². The van der Waals surface area contributed by atoms with Crippen LogP contribution in [0.2, 0.25) is 0 Å². The van der Waals surface area contributed by atoms with E-state index in [-0.39, 0.29) is 23.5 Å². The van der Waals surface area contributed by atoms with Gasteiger partial charge in [-0.2, -0.15) is 0 Å². The molecule has 2 rings (SSSR count). The fourth-order valence-electron chi connectivity index (χ4n) is 1.95. The summed E-state index contributed by atoms with van der Waals surface area (Å²) in [6.45, 7) is 3.29. The van der Waals surface area contributed by atoms with Gasteiger partial charge in [0.05, 0.1) is 5.54 Å². The van der Waals surface area contributed by atoms with E-state index in [1.54, 1.807) is 13.8 Å². The van der Waals surface area contributed by atoms with Crippen LogP contribution in [0, 0.1) is 5.82 Å². The van der Waals surface area contributed by atoms with Gasteiger partial charge in [0.1, 0.15) is 5.82 Å². The first kappa shape index (κ1) is 12.0. The van der Waals surface area contributed by atoms with E-state index in [1.807, 2.05) is 0 Å². The molecular weight excluding hydrogens is 231 g/mol. The maximum absolute atomic E-state index is 13.2. The van der Waals surface area contributed by atoms with Gasteiger partial charge in [-0.05, 0) is 31.5 Å². The van der Waals surface area contributed by atoms with Crippen molar-refractivity contribution in [1.82, 2.24) is 0 Å². The molecule has 0 saturated heterocycles. The number of hydrogen-bond donors (Lipinski definition) is 1. The average Bonchev–Trinajstić information content (AvgIpc) is 2.18. The van der Waals surface area contributed by atoms with Crippen molar-refractivity contribution in [3.63, 3.8) is 0 Å². The van der Waals surface area contributed by atoms with Gasteiger partial charge in [0, 0.05) is 17.7 Å². The lowest BCUT2D eigenvalue weighted by Crippen LogP contribution is -2.45. The SMILES string of the molecule is CC1(C)Nc2cc(F)cc(C(F)F)c2CC1=O. The van der Waals surface area contributed by atoms with Crippen LogP contribution >= 0.6 is 0 Å². The molecule has 0 bridgehead atoms. The highest BCUT2D eigenvalue weighted by Gasteiger charge is 2.35. The minimum absolute atomic E-state index is 0.0880. The molecule has 0 saturated carbocycles. The number of alkyl halides is 2. The molecule has 1 N–H and O–H groups in total. The molecule has 1 aromatic carbocycles. The third-order valence-electron chi connectivity index (χ3n) is 2.97. The fraction of sp³-hybridized carbons (Fsp3) is 0.417. The van der Waals surface area contributed by atoms with E-state index in [0.717, 1.165) is 12.1 Å². The standard InChI is InChI=1S/C12H12F3NO/c1-12(2)10(17)5-7-8(11(14)15)3-6(13)4-9(7)16-12/h3-4,11,16H,5H2,1-2H3. The number of Topliss-reactive ketones (excluding diaryl/α,β-unsaturated/α-hetero) is 1. The fourth-order valence-corrected chi connectivity index (χ4v) is 1.95. The van der Waals surface area contributed by atoms with Crippen LogP contribution in [-0.4, -0.2) is 11.3 Å². The maximum atomic E-state index is 13.2. The van der Waals surface area contributed by atoms with Crippen LogP contribution in [0.3, 0.4) is 0 Å². The summed E-state index contributed by atoms with van der Waals surface area (Å²) in [6, 6.07) is 1.94. The third kappa shape index (κ3) is 2.01. The van der Waals surface area contributed by atoms with Crippen molar-refractivity contribution < 1.29 is 18.0 Å². The highest BCUT2D eigenvalue weighted by Crippen LogP contribution is 2.35. The van der Waals surface area contributed by atoms with Gasteiger partial charge >= 0.3 is 0 Å². The summed E-state index contributed by atoms with van der Waals surface area (Å²) < 4.78 is 38.7. The molecule has 0 spiro atoms. The molecule has 0 atom stereocenters. The first-order valence-electron chi connectivity index (χ1n) is 5.23. The number of carbonyl (C=O) groups is 1. The molecular formula is C12H12F3NO. The highest BCUT2D eigenvalue weighted by atomic mass is 19.3. The minimum Gasteiger partial charge on any atom is -0.373 e. The Bertz CT molecular complexity index is 483. The Balaban J connectivity index is 2.57. The topological polar surface area (TPSA) is 29.1 Å². The van der Waals surface area contributed by atoms with E-state index in [4.69, 9.17) is 0 Å². The van der Waals surface area contributed by atoms with Crippen molar-refractivity contribution in [3.05, 3.63) is 29.1 Å². The van der Waals surface area contributed by atoms with Crippen molar-refractivity contribution in [1.29, 1.82) is 0 Å². The molecule has 0 aromatic heterocycles. The van der Waals surface area contributed by atoms with E-state index >= 15 is 0 Å². The van der Waals surface area contributed by atoms with Crippen LogP contribution in [0.1, 0.15) is 31.4 Å². The summed E-state index contributed by atoms with van der Waals surface area (Å²) in [6.07, 6.45) is -2.87. The number of nitrogens with one attached hydrogen (secondary N) is 1. The molecule has 2 nitrogen and oxygen atoms in total. The number of rotatable bonds is 1. The lowest BCUT2D eigenvalue weighted by molar-refractivity contribution is -0.122. The summed E-state index contributed by atoms with van der Waals surface area (Å²) in [4.78, 5) is 11.7. The molecule has 1 aliphatic rings. The van der Waals surface area contributed by atoms with Gasteiger partial charge in [0.15, 0.2) is 5.78 Å². The summed E-state index contributed by atoms with van der Waals surface area (Å²) in [7, 11) is 0. The Kier molecular flexibility index (Phi) is 2.64. The Hall–Kier alpha value is -1.52. The predicted molar refractivity (Wildman–Crippen MR) is 57.8 cm³/mol. The van der Waals surface area contributed by atoms with E-state index in [0.29, 0.717) is 0 Å². The van der Waals surface area contributed by atoms with Gasteiger partial charge in [0.25, 0.3) is 6.43 Å². The Morgan fingerprint density at radius 3 is 2.59 bits per heavy atom. The monoisotopic (exact) mass is 243 g/mol. The molecule has 0 radical (unpaired) electrons. The lowest BCUT2D eigenvalue weighted by Gasteiger charge is -2.33. The molecule has 1 aromatic rings. The largest absolute Gasteiger partial charge is 0.373 e. The van der Waals surface area contributed by atoms with Crippen molar-refractivity contribution in [3.8, 4) is 0 Å². The zero-order valence-corrected chi connectivity index (χ0v) is 9.48. The second-order valence-corrected chi connectivity index (χ2v) is 4.67. The Labute approximate surface area is 96.8 Å². The first-order valence-corrected chi connectivity index (χ1v) is 5.23. The molecule has 0 fully saturated rings. The smallest absolute Gasteiger partial charge is 0.264 e. The molecule has 1 aliphatic heterocycles. The Morgan fingerprint density at radius 1 is 1.35 bits per heavy atom. The molecule has 0 unspecified atom stereocenters. The van der Waals surface area contributed by atoms with E-state index in [9.17, 15) is 18.0 Å². The van der Waals surface area contributed by atoms with Crippen LogP contribution in [-0.2, 0) is 11.2 Å². The zero-order chi connectivity index (χ0) is 12.8. The highest BCUT2D eigenvalue weighted by molar-refractivity contribution is 5.96. The molecule has 0 amide bonds. The van der Waals surface area contributed by atoms with Gasteiger partial charge < -0.3 is 5.32 Å². The van der Waals surface area contributed by atoms with Crippen molar-refractivity contribution >= 4 is 11.5 Å². The number of fused-ring (bicyclic) bond motifs is 1. The third-order valence-corrected chi connectivity index (χ3v) is 2.97. The van der Waals surface area contributed by atoms with Crippen LogP contribution < -0.4 is 5.32 Å². The quantitative estimate of drug-likeness (QED) is 0.821. The van der Waals surface area contributed by atoms with E-state index in [1.165, 1.54) is 0 Å². The summed E-state index contributed by atoms with van der Waals surface area (Å²) in [5, 5.41) is 2.80. The van der Waals surface area contributed by atoms with Gasteiger partial charge in [-0.3, -0.25) is 4.79 Å². The number of ketones is 1. The molecule has 92 valence electrons. The number of anilines is 1. The lowest BCUT2D eigenvalue weighted by atomic mass is 9.86. The second-order valence-electron chi connectivity index (χ2n) is 4.67. The summed E-state index contributed by atoms with van der Waals surface area (Å²) in [5.41, 5.74) is -0.771. The zero-order valence-electron chi connectivity index (χ0n) is 9.48. The minimum atomic E-state index is -2.78. The van der Waals surface area contributed by atoms with Gasteiger partial charge in [-0.1, -0.05) is 0 Å². The van der Waals surface area contributed by atoms with Crippen LogP contribution in [0.5, 0.6) is 0 Å².